The third kappa shape index (κ3) is 6.31. The molecule has 3 amide bonds. The molecule has 0 radical (unpaired) electrons. The van der Waals surface area contributed by atoms with E-state index in [9.17, 15) is 14.4 Å². The molecule has 4 aromatic carbocycles. The molecule has 208 valence electrons. The largest absolute Gasteiger partial charge is 0.493 e. The molecule has 0 saturated carbocycles. The Bertz CT molecular complexity index is 1710. The van der Waals surface area contributed by atoms with Gasteiger partial charge in [-0.15, -0.1) is 0 Å². The number of nitrogens with zero attached hydrogens (tertiary/aromatic N) is 1. The van der Waals surface area contributed by atoms with Crippen LogP contribution in [0.3, 0.4) is 0 Å². The number of hydrogen-bond donors (Lipinski definition) is 1. The van der Waals surface area contributed by atoms with Gasteiger partial charge in [-0.3, -0.25) is 19.3 Å². The summed E-state index contributed by atoms with van der Waals surface area (Å²) in [5, 5.41) is 4.54. The summed E-state index contributed by atoms with van der Waals surface area (Å²) >= 11 is 4.36. The number of imide groups is 1. The average Bonchev–Trinajstić information content (AvgIpc) is 3.21. The van der Waals surface area contributed by atoms with Gasteiger partial charge in [0.05, 0.1) is 16.5 Å². The van der Waals surface area contributed by atoms with Gasteiger partial charge in [-0.25, -0.2) is 0 Å². The Balaban J connectivity index is 1.31. The molecular weight excluding hydrogens is 604 g/mol. The van der Waals surface area contributed by atoms with Crippen molar-refractivity contribution in [3.05, 3.63) is 104 Å². The van der Waals surface area contributed by atoms with Gasteiger partial charge in [-0.1, -0.05) is 54.6 Å². The molecule has 0 aliphatic carbocycles. The number of halogens is 1. The van der Waals surface area contributed by atoms with E-state index in [1.54, 1.807) is 25.3 Å². The fourth-order valence-corrected chi connectivity index (χ4v) is 5.94. The molecule has 41 heavy (non-hydrogen) atoms. The van der Waals surface area contributed by atoms with Crippen molar-refractivity contribution in [2.45, 2.75) is 20.5 Å². The summed E-state index contributed by atoms with van der Waals surface area (Å²) in [6, 6.07) is 23.4. The van der Waals surface area contributed by atoms with Crippen LogP contribution in [0.15, 0.2) is 82.2 Å². The maximum absolute atomic E-state index is 13.1. The second-order valence-electron chi connectivity index (χ2n) is 9.60. The number of anilines is 1. The van der Waals surface area contributed by atoms with E-state index in [0.29, 0.717) is 33.8 Å². The molecule has 9 heteroatoms. The van der Waals surface area contributed by atoms with Crippen LogP contribution in [0.1, 0.15) is 22.3 Å². The normalized spacial score (nSPS) is 14.1. The minimum Gasteiger partial charge on any atom is -0.493 e. The molecule has 1 fully saturated rings. The van der Waals surface area contributed by atoms with Gasteiger partial charge in [0.25, 0.3) is 11.1 Å². The fourth-order valence-electron chi connectivity index (χ4n) is 4.52. The quantitative estimate of drug-likeness (QED) is 0.203. The Labute approximate surface area is 250 Å². The van der Waals surface area contributed by atoms with Crippen LogP contribution in [0, 0.1) is 13.8 Å². The number of benzene rings is 4. The first kappa shape index (κ1) is 28.4. The van der Waals surface area contributed by atoms with Crippen LogP contribution in [-0.2, 0) is 16.2 Å². The van der Waals surface area contributed by atoms with Gasteiger partial charge >= 0.3 is 0 Å². The number of aryl methyl sites for hydroxylation is 2. The smallest absolute Gasteiger partial charge is 0.294 e. The highest BCUT2D eigenvalue weighted by molar-refractivity contribution is 9.10. The van der Waals surface area contributed by atoms with Crippen molar-refractivity contribution in [1.29, 1.82) is 0 Å². The zero-order valence-corrected chi connectivity index (χ0v) is 25.1. The number of ether oxygens (including phenoxy) is 2. The van der Waals surface area contributed by atoms with Gasteiger partial charge in [0.2, 0.25) is 5.91 Å². The van der Waals surface area contributed by atoms with E-state index in [1.165, 1.54) is 0 Å². The topological polar surface area (TPSA) is 84.9 Å². The highest BCUT2D eigenvalue weighted by atomic mass is 79.9. The predicted octanol–water partition coefficient (Wildman–Crippen LogP) is 7.48. The number of methoxy groups -OCH3 is 1. The first-order chi connectivity index (χ1) is 19.7. The van der Waals surface area contributed by atoms with Crippen molar-refractivity contribution >= 4 is 67.3 Å². The Kier molecular flexibility index (Phi) is 8.46. The number of hydrogen-bond acceptors (Lipinski definition) is 6. The molecule has 0 spiro atoms. The number of amides is 3. The van der Waals surface area contributed by atoms with E-state index in [2.05, 4.69) is 39.4 Å². The number of rotatable bonds is 8. The Morgan fingerprint density at radius 1 is 1.02 bits per heavy atom. The van der Waals surface area contributed by atoms with Gasteiger partial charge in [-0.2, -0.15) is 0 Å². The van der Waals surface area contributed by atoms with Crippen molar-refractivity contribution in [1.82, 2.24) is 4.90 Å². The summed E-state index contributed by atoms with van der Waals surface area (Å²) in [5.41, 5.74) is 4.21. The first-order valence-electron chi connectivity index (χ1n) is 12.8. The van der Waals surface area contributed by atoms with Gasteiger partial charge in [0.1, 0.15) is 13.2 Å². The molecule has 1 saturated heterocycles. The molecule has 4 aromatic rings. The summed E-state index contributed by atoms with van der Waals surface area (Å²) in [7, 11) is 1.54. The lowest BCUT2D eigenvalue weighted by molar-refractivity contribution is -0.127. The zero-order valence-electron chi connectivity index (χ0n) is 22.7. The van der Waals surface area contributed by atoms with Crippen LogP contribution >= 0.6 is 27.7 Å². The predicted molar refractivity (Wildman–Crippen MR) is 166 cm³/mol. The van der Waals surface area contributed by atoms with E-state index in [1.807, 2.05) is 56.3 Å². The molecule has 1 aliphatic heterocycles. The van der Waals surface area contributed by atoms with E-state index in [-0.39, 0.29) is 11.4 Å². The monoisotopic (exact) mass is 630 g/mol. The standard InChI is InChI=1S/C32H27BrN2O5S/c1-19-11-12-20(2)26(13-19)34-29(36)17-35-31(37)28(41-32(35)38)16-21-14-25(33)30(27(15-21)39-3)40-18-23-9-6-8-22-7-4-5-10-24(22)23/h4-16H,17-18H2,1-3H3,(H,34,36)/b28-16+. The Hall–Kier alpha value is -4.08. The number of carbonyl (C=O) groups excluding carboxylic acids is 3. The van der Waals surface area contributed by atoms with Gasteiger partial charge in [0.15, 0.2) is 11.5 Å². The molecule has 1 N–H and O–H groups in total. The minimum absolute atomic E-state index is 0.216. The van der Waals surface area contributed by atoms with Crippen LogP contribution < -0.4 is 14.8 Å². The van der Waals surface area contributed by atoms with Crippen LogP contribution in [0.5, 0.6) is 11.5 Å². The van der Waals surface area contributed by atoms with Crippen LogP contribution in [0.25, 0.3) is 16.8 Å². The van der Waals surface area contributed by atoms with Crippen molar-refractivity contribution in [2.24, 2.45) is 0 Å². The summed E-state index contributed by atoms with van der Waals surface area (Å²) in [4.78, 5) is 39.5. The molecule has 7 nitrogen and oxygen atoms in total. The van der Waals surface area contributed by atoms with Crippen LogP contribution in [0.2, 0.25) is 0 Å². The number of fused-ring (bicyclic) bond motifs is 1. The van der Waals surface area contributed by atoms with Crippen molar-refractivity contribution < 1.29 is 23.9 Å². The van der Waals surface area contributed by atoms with E-state index in [4.69, 9.17) is 9.47 Å². The van der Waals surface area contributed by atoms with Gasteiger partial charge in [0, 0.05) is 5.69 Å². The lowest BCUT2D eigenvalue weighted by atomic mass is 10.1. The van der Waals surface area contributed by atoms with Gasteiger partial charge < -0.3 is 14.8 Å². The molecule has 0 atom stereocenters. The third-order valence-electron chi connectivity index (χ3n) is 6.64. The van der Waals surface area contributed by atoms with Crippen LogP contribution in [0.4, 0.5) is 10.5 Å². The Morgan fingerprint density at radius 2 is 1.80 bits per heavy atom. The maximum Gasteiger partial charge on any atom is 0.294 e. The highest BCUT2D eigenvalue weighted by Gasteiger charge is 2.36. The van der Waals surface area contributed by atoms with E-state index in [0.717, 1.165) is 44.1 Å². The lowest BCUT2D eigenvalue weighted by Crippen LogP contribution is -2.36. The molecule has 0 unspecified atom stereocenters. The molecular formula is C32H27BrN2O5S. The second-order valence-corrected chi connectivity index (χ2v) is 11.4. The Morgan fingerprint density at radius 3 is 2.61 bits per heavy atom. The van der Waals surface area contributed by atoms with E-state index < -0.39 is 17.1 Å². The van der Waals surface area contributed by atoms with Crippen molar-refractivity contribution in [3.63, 3.8) is 0 Å². The average molecular weight is 632 g/mol. The SMILES string of the molecule is COc1cc(/C=C2/SC(=O)N(CC(=O)Nc3cc(C)ccc3C)C2=O)cc(Br)c1OCc1cccc2ccccc12. The number of nitrogens with one attached hydrogen (secondary N) is 1. The van der Waals surface area contributed by atoms with E-state index >= 15 is 0 Å². The molecule has 1 heterocycles. The summed E-state index contributed by atoms with van der Waals surface area (Å²) in [5.74, 6) is 0.0219. The maximum atomic E-state index is 13.1. The summed E-state index contributed by atoms with van der Waals surface area (Å²) in [6.07, 6.45) is 1.61. The molecule has 0 aromatic heterocycles. The van der Waals surface area contributed by atoms with Crippen molar-refractivity contribution in [2.75, 3.05) is 19.0 Å². The first-order valence-corrected chi connectivity index (χ1v) is 14.4. The summed E-state index contributed by atoms with van der Waals surface area (Å²) in [6.45, 7) is 3.76. The molecule has 5 rings (SSSR count). The molecule has 1 aliphatic rings. The third-order valence-corrected chi connectivity index (χ3v) is 8.14. The number of carbonyl (C=O) groups is 3. The highest BCUT2D eigenvalue weighted by Crippen LogP contribution is 2.40. The zero-order chi connectivity index (χ0) is 29.1. The number of thioether (sulfide) groups is 1. The lowest BCUT2D eigenvalue weighted by Gasteiger charge is -2.15. The van der Waals surface area contributed by atoms with Crippen LogP contribution in [-0.4, -0.2) is 35.6 Å². The van der Waals surface area contributed by atoms with Crippen molar-refractivity contribution in [3.8, 4) is 11.5 Å². The van der Waals surface area contributed by atoms with Gasteiger partial charge in [-0.05, 0) is 98.8 Å². The minimum atomic E-state index is -0.525. The summed E-state index contributed by atoms with van der Waals surface area (Å²) < 4.78 is 12.4. The molecule has 0 bridgehead atoms. The fraction of sp³-hybridized carbons (Fsp3) is 0.156. The second kappa shape index (κ2) is 12.2.